The van der Waals surface area contributed by atoms with Crippen LogP contribution in [0.15, 0.2) is 67.0 Å². The number of hydrogen-bond donors (Lipinski definition) is 0. The monoisotopic (exact) mass is 544 g/mol. The molecule has 6 nitrogen and oxygen atoms in total. The van der Waals surface area contributed by atoms with Gasteiger partial charge in [0.15, 0.2) is 11.6 Å². The van der Waals surface area contributed by atoms with E-state index in [2.05, 4.69) is 29.0 Å². The van der Waals surface area contributed by atoms with Crippen molar-refractivity contribution >= 4 is 5.97 Å². The van der Waals surface area contributed by atoms with E-state index >= 15 is 0 Å². The summed E-state index contributed by atoms with van der Waals surface area (Å²) in [7, 11) is 0.823. The average molecular weight is 545 g/mol. The molecule has 0 aliphatic carbocycles. The second kappa shape index (κ2) is 14.1. The van der Waals surface area contributed by atoms with Crippen molar-refractivity contribution < 1.29 is 32.2 Å². The number of halogens is 3. The van der Waals surface area contributed by atoms with Crippen molar-refractivity contribution in [2.75, 3.05) is 13.7 Å². The van der Waals surface area contributed by atoms with Crippen LogP contribution in [0.3, 0.4) is 0 Å². The van der Waals surface area contributed by atoms with Gasteiger partial charge in [0.25, 0.3) is 5.60 Å². The normalized spacial score (nSPS) is 13.9. The van der Waals surface area contributed by atoms with Crippen LogP contribution in [0.5, 0.6) is 5.75 Å². The van der Waals surface area contributed by atoms with Crippen molar-refractivity contribution in [3.8, 4) is 17.1 Å². The van der Waals surface area contributed by atoms with Crippen LogP contribution >= 0.6 is 0 Å². The van der Waals surface area contributed by atoms with Crippen LogP contribution in [0.2, 0.25) is 0 Å². The Kier molecular flexibility index (Phi) is 10.9. The largest absolute Gasteiger partial charge is 0.486 e. The van der Waals surface area contributed by atoms with E-state index in [1.165, 1.54) is 81.3 Å². The molecule has 0 amide bonds. The summed E-state index contributed by atoms with van der Waals surface area (Å²) < 4.78 is 57.5. The lowest BCUT2D eigenvalue weighted by Gasteiger charge is -2.33. The fourth-order valence-corrected chi connectivity index (χ4v) is 4.19. The molecule has 0 fully saturated rings. The van der Waals surface area contributed by atoms with E-state index in [4.69, 9.17) is 14.2 Å². The Morgan fingerprint density at radius 2 is 1.56 bits per heavy atom. The van der Waals surface area contributed by atoms with E-state index in [1.54, 1.807) is 6.07 Å². The molecule has 2 atom stereocenters. The number of aryl methyl sites for hydroxylation is 1. The van der Waals surface area contributed by atoms with Crippen molar-refractivity contribution in [2.24, 2.45) is 0 Å². The van der Waals surface area contributed by atoms with Gasteiger partial charge in [-0.2, -0.15) is 13.2 Å². The minimum absolute atomic E-state index is 0.201. The van der Waals surface area contributed by atoms with Crippen molar-refractivity contribution in [1.82, 2.24) is 9.97 Å². The number of ether oxygens (including phenoxy) is 3. The number of aromatic nitrogens is 2. The molecule has 1 aromatic heterocycles. The van der Waals surface area contributed by atoms with Crippen LogP contribution in [0.25, 0.3) is 11.4 Å². The van der Waals surface area contributed by atoms with E-state index in [9.17, 15) is 18.0 Å². The van der Waals surface area contributed by atoms with E-state index in [-0.39, 0.29) is 12.2 Å². The Morgan fingerprint density at radius 1 is 0.923 bits per heavy atom. The Morgan fingerprint density at radius 3 is 2.15 bits per heavy atom. The van der Waals surface area contributed by atoms with Gasteiger partial charge in [0, 0.05) is 18.2 Å². The number of esters is 1. The summed E-state index contributed by atoms with van der Waals surface area (Å²) in [5, 5.41) is 0. The van der Waals surface area contributed by atoms with Crippen LogP contribution in [0.1, 0.15) is 57.1 Å². The topological polar surface area (TPSA) is 70.5 Å². The van der Waals surface area contributed by atoms with Gasteiger partial charge in [-0.15, -0.1) is 0 Å². The van der Waals surface area contributed by atoms with Gasteiger partial charge in [0.1, 0.15) is 12.7 Å². The number of unbranched alkanes of at least 4 members (excludes halogenated alkanes) is 4. The molecule has 0 radical (unpaired) electrons. The summed E-state index contributed by atoms with van der Waals surface area (Å²) in [4.78, 5) is 21.4. The molecule has 2 aromatic carbocycles. The average Bonchev–Trinajstić information content (AvgIpc) is 2.93. The Balaban J connectivity index is 1.55. The summed E-state index contributed by atoms with van der Waals surface area (Å²) in [6, 6.07) is 14.8. The Hall–Kier alpha value is -3.46. The number of carbonyl (C=O) groups excluding carboxylic acids is 1. The third kappa shape index (κ3) is 7.79. The molecule has 9 heteroatoms. The lowest BCUT2D eigenvalue weighted by molar-refractivity contribution is -0.278. The van der Waals surface area contributed by atoms with Gasteiger partial charge < -0.3 is 14.2 Å². The van der Waals surface area contributed by atoms with Crippen LogP contribution in [0, 0.1) is 0 Å². The smallest absolute Gasteiger partial charge is 0.432 e. The summed E-state index contributed by atoms with van der Waals surface area (Å²) in [6.45, 7) is 3.44. The summed E-state index contributed by atoms with van der Waals surface area (Å²) in [5.74, 6) is -0.757. The Labute approximate surface area is 227 Å². The first-order chi connectivity index (χ1) is 18.7. The molecule has 0 spiro atoms. The van der Waals surface area contributed by atoms with Crippen molar-refractivity contribution in [2.45, 2.75) is 70.3 Å². The highest BCUT2D eigenvalue weighted by atomic mass is 19.4. The minimum atomic E-state index is -5.04. The van der Waals surface area contributed by atoms with Crippen LogP contribution in [0.4, 0.5) is 13.2 Å². The molecule has 0 aliphatic rings. The number of nitrogens with zero attached hydrogens (tertiary/aromatic N) is 2. The Bertz CT molecular complexity index is 1160. The maximum atomic E-state index is 14.0. The van der Waals surface area contributed by atoms with Gasteiger partial charge in [-0.05, 0) is 25.3 Å². The number of rotatable bonds is 14. The highest BCUT2D eigenvalue weighted by Gasteiger charge is 2.64. The van der Waals surface area contributed by atoms with Crippen LogP contribution < -0.4 is 4.74 Å². The molecule has 0 N–H and O–H groups in total. The van der Waals surface area contributed by atoms with Crippen LogP contribution in [-0.4, -0.2) is 41.9 Å². The first-order valence-corrected chi connectivity index (χ1v) is 13.1. The van der Waals surface area contributed by atoms with Gasteiger partial charge in [-0.25, -0.2) is 14.8 Å². The number of carbonyl (C=O) groups is 1. The SMILES string of the molecule is CCCCCCCc1ccc(-c2ncc(OCC(C)OC(=O)C(OC)(c3ccccc3)C(F)(F)F)cn2)cc1. The highest BCUT2D eigenvalue weighted by molar-refractivity contribution is 5.82. The van der Waals surface area contributed by atoms with E-state index in [0.29, 0.717) is 11.6 Å². The third-order valence-electron chi connectivity index (χ3n) is 6.38. The molecular formula is C30H35F3N2O4. The first kappa shape index (κ1) is 30.1. The van der Waals surface area contributed by atoms with Gasteiger partial charge in [-0.1, -0.05) is 87.2 Å². The third-order valence-corrected chi connectivity index (χ3v) is 6.38. The fourth-order valence-electron chi connectivity index (χ4n) is 4.19. The standard InChI is InChI=1S/C30H35F3N2O4/c1-4-5-6-7-9-12-23-15-17-24(18-16-23)27-34-19-26(20-35-27)38-21-22(2)39-28(36)29(37-3,30(31,32)33)25-13-10-8-11-14-25/h8,10-11,13-20,22H,4-7,9,12,21H2,1-3H3. The molecule has 0 bridgehead atoms. The molecule has 2 unspecified atom stereocenters. The van der Waals surface area contributed by atoms with Gasteiger partial charge in [0.05, 0.1) is 12.4 Å². The number of methoxy groups -OCH3 is 1. The maximum absolute atomic E-state index is 14.0. The number of benzene rings is 2. The summed E-state index contributed by atoms with van der Waals surface area (Å²) in [6.07, 6.45) is 4.12. The molecule has 210 valence electrons. The zero-order valence-corrected chi connectivity index (χ0v) is 22.5. The van der Waals surface area contributed by atoms with Gasteiger partial charge >= 0.3 is 12.1 Å². The second-order valence-electron chi connectivity index (χ2n) is 9.38. The lowest BCUT2D eigenvalue weighted by atomic mass is 9.92. The lowest BCUT2D eigenvalue weighted by Crippen LogP contribution is -2.52. The maximum Gasteiger partial charge on any atom is 0.432 e. The molecule has 0 aliphatic heterocycles. The van der Waals surface area contributed by atoms with Crippen molar-refractivity contribution in [1.29, 1.82) is 0 Å². The molecule has 0 saturated heterocycles. The predicted molar refractivity (Wildman–Crippen MR) is 142 cm³/mol. The predicted octanol–water partition coefficient (Wildman–Crippen LogP) is 7.07. The first-order valence-electron chi connectivity index (χ1n) is 13.1. The van der Waals surface area contributed by atoms with Crippen molar-refractivity contribution in [3.63, 3.8) is 0 Å². The van der Waals surface area contributed by atoms with Crippen molar-refractivity contribution in [3.05, 3.63) is 78.1 Å². The zero-order chi connectivity index (χ0) is 28.3. The quantitative estimate of drug-likeness (QED) is 0.160. The van der Waals surface area contributed by atoms with Gasteiger partial charge in [-0.3, -0.25) is 0 Å². The summed E-state index contributed by atoms with van der Waals surface area (Å²) in [5.41, 5.74) is -1.49. The van der Waals surface area contributed by atoms with Gasteiger partial charge in [0.2, 0.25) is 0 Å². The molecule has 1 heterocycles. The zero-order valence-electron chi connectivity index (χ0n) is 22.5. The second-order valence-corrected chi connectivity index (χ2v) is 9.38. The van der Waals surface area contributed by atoms with E-state index < -0.39 is 23.9 Å². The number of hydrogen-bond acceptors (Lipinski definition) is 6. The highest BCUT2D eigenvalue weighted by Crippen LogP contribution is 2.43. The van der Waals surface area contributed by atoms with E-state index in [0.717, 1.165) is 19.1 Å². The van der Waals surface area contributed by atoms with E-state index in [1.807, 2.05) is 12.1 Å². The molecule has 3 rings (SSSR count). The molecule has 3 aromatic rings. The summed E-state index contributed by atoms with van der Waals surface area (Å²) >= 11 is 0. The molecule has 39 heavy (non-hydrogen) atoms. The van der Waals surface area contributed by atoms with Crippen LogP contribution in [-0.2, 0) is 26.3 Å². The molecular weight excluding hydrogens is 509 g/mol. The minimum Gasteiger partial charge on any atom is -0.486 e. The molecule has 0 saturated carbocycles. The fraction of sp³-hybridized carbons (Fsp3) is 0.433. The number of alkyl halides is 3.